The molecule has 4 rings (SSSR count). The van der Waals surface area contributed by atoms with Crippen LogP contribution in [-0.4, -0.2) is 30.3 Å². The second-order valence-electron chi connectivity index (χ2n) is 11.3. The standard InChI is InChI=1S/C31H36FNO5/c1-30(2,3)29(37-6)24-13-19(7-10-22(24)23-15-27(36-5)33-17-26(23)32)18-38-21-9-8-20-11-12-31(4,16-28(34)35)25(20)14-21/h7-10,13-15,17,29H,11-12,16,18H2,1-6H3,(H,34,35)/t29-,31-/m1/s1. The molecule has 202 valence electrons. The van der Waals surface area contributed by atoms with Crippen molar-refractivity contribution in [1.29, 1.82) is 0 Å². The topological polar surface area (TPSA) is 77.9 Å². The first kappa shape index (κ1) is 27.6. The van der Waals surface area contributed by atoms with Gasteiger partial charge in [-0.25, -0.2) is 9.37 Å². The third kappa shape index (κ3) is 5.68. The molecule has 3 aromatic rings. The van der Waals surface area contributed by atoms with Crippen LogP contribution in [-0.2, 0) is 28.0 Å². The van der Waals surface area contributed by atoms with Gasteiger partial charge in [-0.1, -0.05) is 45.9 Å². The molecule has 0 spiro atoms. The monoisotopic (exact) mass is 521 g/mol. The van der Waals surface area contributed by atoms with E-state index in [1.807, 2.05) is 43.3 Å². The van der Waals surface area contributed by atoms with Gasteiger partial charge in [-0.3, -0.25) is 4.79 Å². The number of carboxylic acid groups (broad SMARTS) is 1. The van der Waals surface area contributed by atoms with Crippen LogP contribution in [0.2, 0.25) is 0 Å². The van der Waals surface area contributed by atoms with Gasteiger partial charge in [0, 0.05) is 24.2 Å². The molecule has 0 fully saturated rings. The number of aromatic nitrogens is 1. The van der Waals surface area contributed by atoms with Crippen LogP contribution in [0.1, 0.15) is 68.9 Å². The predicted molar refractivity (Wildman–Crippen MR) is 144 cm³/mol. The van der Waals surface area contributed by atoms with Crippen molar-refractivity contribution < 1.29 is 28.5 Å². The first-order chi connectivity index (χ1) is 17.9. The van der Waals surface area contributed by atoms with Crippen LogP contribution in [0.4, 0.5) is 4.39 Å². The van der Waals surface area contributed by atoms with Crippen molar-refractivity contribution in [3.8, 4) is 22.8 Å². The fourth-order valence-corrected chi connectivity index (χ4v) is 5.50. The molecule has 0 aliphatic heterocycles. The number of benzene rings is 2. The zero-order valence-corrected chi connectivity index (χ0v) is 22.9. The van der Waals surface area contributed by atoms with Gasteiger partial charge in [-0.05, 0) is 64.3 Å². The van der Waals surface area contributed by atoms with E-state index in [-0.39, 0.29) is 17.9 Å². The highest BCUT2D eigenvalue weighted by Crippen LogP contribution is 2.44. The number of hydrogen-bond acceptors (Lipinski definition) is 5. The van der Waals surface area contributed by atoms with Crippen LogP contribution in [0, 0.1) is 11.2 Å². The number of nitrogens with zero attached hydrogens (tertiary/aromatic N) is 1. The van der Waals surface area contributed by atoms with E-state index in [4.69, 9.17) is 14.2 Å². The lowest BCUT2D eigenvalue weighted by atomic mass is 9.81. The predicted octanol–water partition coefficient (Wildman–Crippen LogP) is 6.89. The van der Waals surface area contributed by atoms with Crippen molar-refractivity contribution in [3.05, 3.63) is 76.7 Å². The number of ether oxygens (including phenoxy) is 3. The van der Waals surface area contributed by atoms with Crippen molar-refractivity contribution in [2.45, 2.75) is 65.1 Å². The zero-order valence-electron chi connectivity index (χ0n) is 22.9. The van der Waals surface area contributed by atoms with Crippen molar-refractivity contribution in [2.24, 2.45) is 5.41 Å². The molecule has 1 N–H and O–H groups in total. The van der Waals surface area contributed by atoms with Crippen LogP contribution in [0.3, 0.4) is 0 Å². The Labute approximate surface area is 223 Å². The Morgan fingerprint density at radius 2 is 1.89 bits per heavy atom. The van der Waals surface area contributed by atoms with E-state index in [2.05, 4.69) is 25.8 Å². The minimum absolute atomic E-state index is 0.0931. The summed E-state index contributed by atoms with van der Waals surface area (Å²) in [5.74, 6) is -0.218. The number of fused-ring (bicyclic) bond motifs is 1. The van der Waals surface area contributed by atoms with Crippen molar-refractivity contribution in [2.75, 3.05) is 14.2 Å². The summed E-state index contributed by atoms with van der Waals surface area (Å²) < 4.78 is 32.3. The molecule has 0 radical (unpaired) electrons. The fraction of sp³-hybridized carbons (Fsp3) is 0.419. The minimum atomic E-state index is -0.797. The van der Waals surface area contributed by atoms with E-state index in [0.29, 0.717) is 29.4 Å². The normalized spacial score (nSPS) is 17.7. The number of halogens is 1. The molecular weight excluding hydrogens is 485 g/mol. The third-order valence-corrected chi connectivity index (χ3v) is 7.37. The lowest BCUT2D eigenvalue weighted by Crippen LogP contribution is -2.22. The Bertz CT molecular complexity index is 1330. The molecule has 6 nitrogen and oxygen atoms in total. The number of aryl methyl sites for hydroxylation is 1. The van der Waals surface area contributed by atoms with Crippen molar-refractivity contribution >= 4 is 5.97 Å². The smallest absolute Gasteiger partial charge is 0.304 e. The number of carboxylic acids is 1. The van der Waals surface area contributed by atoms with Crippen LogP contribution in [0.5, 0.6) is 11.6 Å². The van der Waals surface area contributed by atoms with Gasteiger partial charge in [0.2, 0.25) is 5.88 Å². The SMILES string of the molecule is COc1cc(-c2ccc(COc3ccc4c(c3)[C@@](C)(CC(=O)O)CC4)cc2[C@@H](OC)C(C)(C)C)c(F)cn1. The Morgan fingerprint density at radius 1 is 1.13 bits per heavy atom. The molecule has 38 heavy (non-hydrogen) atoms. The number of carbonyl (C=O) groups is 1. The molecule has 7 heteroatoms. The highest BCUT2D eigenvalue weighted by molar-refractivity contribution is 5.70. The summed E-state index contributed by atoms with van der Waals surface area (Å²) in [5.41, 5.74) is 4.41. The summed E-state index contributed by atoms with van der Waals surface area (Å²) in [4.78, 5) is 15.4. The molecule has 1 aliphatic rings. The quantitative estimate of drug-likeness (QED) is 0.330. The highest BCUT2D eigenvalue weighted by atomic mass is 19.1. The highest BCUT2D eigenvalue weighted by Gasteiger charge is 2.36. The summed E-state index contributed by atoms with van der Waals surface area (Å²) in [5, 5.41) is 9.41. The average Bonchev–Trinajstić information content (AvgIpc) is 3.18. The average molecular weight is 522 g/mol. The molecule has 0 amide bonds. The summed E-state index contributed by atoms with van der Waals surface area (Å²) in [6.45, 7) is 8.54. The molecule has 1 heterocycles. The first-order valence-corrected chi connectivity index (χ1v) is 12.8. The van der Waals surface area contributed by atoms with E-state index >= 15 is 0 Å². The van der Waals surface area contributed by atoms with Crippen LogP contribution in [0.15, 0.2) is 48.7 Å². The maximum atomic E-state index is 14.9. The van der Waals surface area contributed by atoms with E-state index in [1.165, 1.54) is 18.9 Å². The Kier molecular flexibility index (Phi) is 7.79. The molecule has 2 aromatic carbocycles. The molecule has 1 aliphatic carbocycles. The number of rotatable bonds is 9. The van der Waals surface area contributed by atoms with Gasteiger partial charge < -0.3 is 19.3 Å². The van der Waals surface area contributed by atoms with E-state index in [0.717, 1.165) is 29.5 Å². The molecule has 0 unspecified atom stereocenters. The minimum Gasteiger partial charge on any atom is -0.489 e. The van der Waals surface area contributed by atoms with Crippen molar-refractivity contribution in [1.82, 2.24) is 4.98 Å². The van der Waals surface area contributed by atoms with E-state index in [1.54, 1.807) is 13.2 Å². The number of pyridine rings is 1. The van der Waals surface area contributed by atoms with Crippen LogP contribution < -0.4 is 9.47 Å². The van der Waals surface area contributed by atoms with Crippen LogP contribution in [0.25, 0.3) is 11.1 Å². The van der Waals surface area contributed by atoms with E-state index in [9.17, 15) is 14.3 Å². The number of aliphatic carboxylic acids is 1. The number of methoxy groups -OCH3 is 2. The molecule has 0 saturated heterocycles. The summed E-state index contributed by atoms with van der Waals surface area (Å²) >= 11 is 0. The van der Waals surface area contributed by atoms with E-state index < -0.39 is 17.2 Å². The zero-order chi connectivity index (χ0) is 27.7. The van der Waals surface area contributed by atoms with Crippen LogP contribution >= 0.6 is 0 Å². The van der Waals surface area contributed by atoms with Crippen molar-refractivity contribution in [3.63, 3.8) is 0 Å². The summed E-state index contributed by atoms with van der Waals surface area (Å²) in [7, 11) is 3.16. The second-order valence-corrected chi connectivity index (χ2v) is 11.3. The Morgan fingerprint density at radius 3 is 2.55 bits per heavy atom. The van der Waals surface area contributed by atoms with Gasteiger partial charge >= 0.3 is 5.97 Å². The van der Waals surface area contributed by atoms with Gasteiger partial charge in [0.1, 0.15) is 18.2 Å². The lowest BCUT2D eigenvalue weighted by Gasteiger charge is -2.32. The summed E-state index contributed by atoms with van der Waals surface area (Å²) in [6.07, 6.45) is 2.62. The maximum absolute atomic E-state index is 14.9. The van der Waals surface area contributed by atoms with Gasteiger partial charge in [0.15, 0.2) is 0 Å². The van der Waals surface area contributed by atoms with Gasteiger partial charge in [-0.2, -0.15) is 0 Å². The Hall–Kier alpha value is -3.45. The second kappa shape index (κ2) is 10.7. The Balaban J connectivity index is 1.67. The largest absolute Gasteiger partial charge is 0.489 e. The maximum Gasteiger partial charge on any atom is 0.304 e. The fourth-order valence-electron chi connectivity index (χ4n) is 5.50. The number of hydrogen-bond donors (Lipinski definition) is 1. The first-order valence-electron chi connectivity index (χ1n) is 12.8. The lowest BCUT2D eigenvalue weighted by molar-refractivity contribution is -0.138. The molecule has 0 saturated carbocycles. The third-order valence-electron chi connectivity index (χ3n) is 7.37. The molecular formula is C31H36FNO5. The molecule has 1 aromatic heterocycles. The molecule has 2 atom stereocenters. The van der Waals surface area contributed by atoms with Gasteiger partial charge in [-0.15, -0.1) is 0 Å². The van der Waals surface area contributed by atoms with Gasteiger partial charge in [0.05, 0.1) is 25.8 Å². The molecule has 0 bridgehead atoms. The summed E-state index contributed by atoms with van der Waals surface area (Å²) in [6, 6.07) is 13.4. The van der Waals surface area contributed by atoms with Gasteiger partial charge in [0.25, 0.3) is 0 Å².